The molecule has 4 amide bonds. The Kier molecular flexibility index (Phi) is 8.69. The van der Waals surface area contributed by atoms with Crippen LogP contribution >= 0.6 is 0 Å². The van der Waals surface area contributed by atoms with E-state index in [-0.39, 0.29) is 29.8 Å². The Balaban J connectivity index is 1.45. The smallest absolute Gasteiger partial charge is 0.319 e. The number of para-hydroxylation sites is 3. The number of rotatable bonds is 8. The van der Waals surface area contributed by atoms with Crippen molar-refractivity contribution in [3.8, 4) is 5.75 Å². The van der Waals surface area contributed by atoms with Gasteiger partial charge in [-0.3, -0.25) is 9.59 Å². The number of hydrogen-bond donors (Lipinski definition) is 3. The minimum Gasteiger partial charge on any atom is -0.493 e. The van der Waals surface area contributed by atoms with Crippen LogP contribution in [0.1, 0.15) is 33.1 Å². The lowest BCUT2D eigenvalue weighted by molar-refractivity contribution is -0.135. The topological polar surface area (TPSA) is 99.8 Å². The predicted molar refractivity (Wildman–Crippen MR) is 128 cm³/mol. The molecule has 8 nitrogen and oxygen atoms in total. The number of piperidine rings is 1. The van der Waals surface area contributed by atoms with Gasteiger partial charge in [-0.15, -0.1) is 0 Å². The van der Waals surface area contributed by atoms with E-state index < -0.39 is 0 Å². The summed E-state index contributed by atoms with van der Waals surface area (Å²) in [5, 5.41) is 8.47. The normalized spacial score (nSPS) is 14.0. The van der Waals surface area contributed by atoms with Gasteiger partial charge < -0.3 is 25.6 Å². The number of ether oxygens (including phenoxy) is 1. The van der Waals surface area contributed by atoms with Crippen LogP contribution in [0, 0.1) is 5.92 Å². The third-order valence-corrected chi connectivity index (χ3v) is 5.40. The highest BCUT2D eigenvalue weighted by molar-refractivity contribution is 5.99. The van der Waals surface area contributed by atoms with Crippen LogP contribution in [0.3, 0.4) is 0 Å². The van der Waals surface area contributed by atoms with Gasteiger partial charge in [0.2, 0.25) is 11.8 Å². The minimum absolute atomic E-state index is 0.00421. The molecule has 0 radical (unpaired) electrons. The van der Waals surface area contributed by atoms with Gasteiger partial charge in [-0.2, -0.15) is 0 Å². The quantitative estimate of drug-likeness (QED) is 0.566. The highest BCUT2D eigenvalue weighted by Gasteiger charge is 2.27. The van der Waals surface area contributed by atoms with E-state index >= 15 is 0 Å². The van der Waals surface area contributed by atoms with Gasteiger partial charge >= 0.3 is 6.03 Å². The third-order valence-electron chi connectivity index (χ3n) is 5.40. The summed E-state index contributed by atoms with van der Waals surface area (Å²) in [5.74, 6) is 0.493. The van der Waals surface area contributed by atoms with Crippen LogP contribution < -0.4 is 20.7 Å². The molecule has 1 saturated heterocycles. The number of anilines is 2. The van der Waals surface area contributed by atoms with Crippen LogP contribution in [0.15, 0.2) is 54.6 Å². The first-order valence-electron chi connectivity index (χ1n) is 11.4. The molecule has 0 aromatic heterocycles. The summed E-state index contributed by atoms with van der Waals surface area (Å²) in [5.41, 5.74) is 1.09. The molecule has 33 heavy (non-hydrogen) atoms. The maximum Gasteiger partial charge on any atom is 0.319 e. The van der Waals surface area contributed by atoms with Crippen molar-refractivity contribution in [1.82, 2.24) is 10.2 Å². The number of nitrogens with zero attached hydrogens (tertiary/aromatic N) is 1. The summed E-state index contributed by atoms with van der Waals surface area (Å²) in [7, 11) is 0. The highest BCUT2D eigenvalue weighted by atomic mass is 16.5. The zero-order valence-corrected chi connectivity index (χ0v) is 19.2. The second-order valence-electron chi connectivity index (χ2n) is 8.35. The Hall–Kier alpha value is -3.55. The van der Waals surface area contributed by atoms with E-state index in [1.165, 1.54) is 0 Å². The summed E-state index contributed by atoms with van der Waals surface area (Å²) in [4.78, 5) is 39.1. The second-order valence-corrected chi connectivity index (χ2v) is 8.35. The first-order chi connectivity index (χ1) is 15.9. The maximum absolute atomic E-state index is 12.8. The van der Waals surface area contributed by atoms with Crippen LogP contribution in [0.25, 0.3) is 0 Å². The Morgan fingerprint density at radius 1 is 0.939 bits per heavy atom. The molecule has 1 aliphatic rings. The molecule has 0 spiro atoms. The maximum atomic E-state index is 12.8. The highest BCUT2D eigenvalue weighted by Crippen LogP contribution is 2.24. The number of carbonyl (C=O) groups excluding carboxylic acids is 3. The summed E-state index contributed by atoms with van der Waals surface area (Å²) in [6, 6.07) is 16.2. The van der Waals surface area contributed by atoms with Crippen LogP contribution in [-0.2, 0) is 9.59 Å². The van der Waals surface area contributed by atoms with Crippen LogP contribution in [-0.4, -0.2) is 48.5 Å². The van der Waals surface area contributed by atoms with E-state index in [1.54, 1.807) is 29.2 Å². The van der Waals surface area contributed by atoms with E-state index in [2.05, 4.69) is 16.0 Å². The van der Waals surface area contributed by atoms with Crippen molar-refractivity contribution in [2.24, 2.45) is 5.92 Å². The standard InChI is InChI=1S/C25H32N4O4/c1-18(2)26-25(32)28-22-11-7-6-10-21(22)27-24(31)19-12-15-29(16-13-19)23(30)14-17-33-20-8-4-3-5-9-20/h3-11,18-19H,12-17H2,1-2H3,(H,27,31)(H2,26,28,32). The molecule has 176 valence electrons. The van der Waals surface area contributed by atoms with Crippen molar-refractivity contribution in [3.05, 3.63) is 54.6 Å². The first-order valence-corrected chi connectivity index (χ1v) is 11.4. The monoisotopic (exact) mass is 452 g/mol. The van der Waals surface area contributed by atoms with E-state index in [9.17, 15) is 14.4 Å². The predicted octanol–water partition coefficient (Wildman–Crippen LogP) is 3.86. The lowest BCUT2D eigenvalue weighted by Crippen LogP contribution is -2.42. The van der Waals surface area contributed by atoms with Gasteiger partial charge in [0.05, 0.1) is 24.4 Å². The molecule has 1 aliphatic heterocycles. The Labute approximate surface area is 194 Å². The van der Waals surface area contributed by atoms with Crippen molar-refractivity contribution in [2.75, 3.05) is 30.3 Å². The van der Waals surface area contributed by atoms with Crippen molar-refractivity contribution in [1.29, 1.82) is 0 Å². The fourth-order valence-corrected chi connectivity index (χ4v) is 3.68. The number of amides is 4. The molecule has 0 atom stereocenters. The van der Waals surface area contributed by atoms with Gasteiger partial charge in [-0.05, 0) is 51.0 Å². The number of carbonyl (C=O) groups is 3. The van der Waals surface area contributed by atoms with E-state index in [0.29, 0.717) is 50.3 Å². The van der Waals surface area contributed by atoms with E-state index in [0.717, 1.165) is 5.75 Å². The fraction of sp³-hybridized carbons (Fsp3) is 0.400. The van der Waals surface area contributed by atoms with Gasteiger partial charge in [0, 0.05) is 25.0 Å². The van der Waals surface area contributed by atoms with E-state index in [4.69, 9.17) is 4.74 Å². The van der Waals surface area contributed by atoms with Crippen molar-refractivity contribution < 1.29 is 19.1 Å². The molecular weight excluding hydrogens is 420 g/mol. The Morgan fingerprint density at radius 2 is 1.55 bits per heavy atom. The molecule has 2 aromatic rings. The third kappa shape index (κ3) is 7.52. The average molecular weight is 453 g/mol. The molecule has 1 heterocycles. The Morgan fingerprint density at radius 3 is 2.18 bits per heavy atom. The average Bonchev–Trinajstić information content (AvgIpc) is 2.80. The molecule has 0 aliphatic carbocycles. The van der Waals surface area contributed by atoms with Crippen molar-refractivity contribution >= 4 is 29.2 Å². The summed E-state index contributed by atoms with van der Waals surface area (Å²) >= 11 is 0. The van der Waals surface area contributed by atoms with Gasteiger partial charge in [0.15, 0.2) is 0 Å². The molecule has 3 N–H and O–H groups in total. The van der Waals surface area contributed by atoms with Gasteiger partial charge in [-0.1, -0.05) is 30.3 Å². The second kappa shape index (κ2) is 11.9. The molecule has 8 heteroatoms. The van der Waals surface area contributed by atoms with Crippen molar-refractivity contribution in [3.63, 3.8) is 0 Å². The van der Waals surface area contributed by atoms with Gasteiger partial charge in [-0.25, -0.2) is 4.79 Å². The Bertz CT molecular complexity index is 940. The number of urea groups is 1. The number of nitrogens with one attached hydrogen (secondary N) is 3. The van der Waals surface area contributed by atoms with Gasteiger partial charge in [0.1, 0.15) is 5.75 Å². The number of likely N-dealkylation sites (tertiary alicyclic amines) is 1. The molecule has 0 bridgehead atoms. The van der Waals surface area contributed by atoms with Gasteiger partial charge in [0.25, 0.3) is 0 Å². The summed E-state index contributed by atoms with van der Waals surface area (Å²) < 4.78 is 5.61. The molecule has 0 saturated carbocycles. The van der Waals surface area contributed by atoms with Crippen LogP contribution in [0.5, 0.6) is 5.75 Å². The van der Waals surface area contributed by atoms with Crippen LogP contribution in [0.2, 0.25) is 0 Å². The molecular formula is C25H32N4O4. The lowest BCUT2D eigenvalue weighted by atomic mass is 9.95. The zero-order chi connectivity index (χ0) is 23.6. The largest absolute Gasteiger partial charge is 0.493 e. The molecule has 3 rings (SSSR count). The molecule has 1 fully saturated rings. The zero-order valence-electron chi connectivity index (χ0n) is 19.2. The minimum atomic E-state index is -0.324. The summed E-state index contributed by atoms with van der Waals surface area (Å²) in [6.45, 7) is 5.16. The fourth-order valence-electron chi connectivity index (χ4n) is 3.68. The first kappa shape index (κ1) is 24.1. The molecule has 0 unspecified atom stereocenters. The van der Waals surface area contributed by atoms with E-state index in [1.807, 2.05) is 44.2 Å². The van der Waals surface area contributed by atoms with Crippen LogP contribution in [0.4, 0.5) is 16.2 Å². The summed E-state index contributed by atoms with van der Waals surface area (Å²) in [6.07, 6.45) is 1.50. The molecule has 2 aromatic carbocycles. The number of hydrogen-bond acceptors (Lipinski definition) is 4. The van der Waals surface area contributed by atoms with Crippen molar-refractivity contribution in [2.45, 2.75) is 39.2 Å². The number of benzene rings is 2. The SMILES string of the molecule is CC(C)NC(=O)Nc1ccccc1NC(=O)C1CCN(C(=O)CCOc2ccccc2)CC1. The lowest BCUT2D eigenvalue weighted by Gasteiger charge is -2.31.